The Bertz CT molecular complexity index is 902. The Hall–Kier alpha value is -3.41. The summed E-state index contributed by atoms with van der Waals surface area (Å²) < 4.78 is 11.1. The van der Waals surface area contributed by atoms with Crippen LogP contribution in [-0.2, 0) is 4.79 Å². The summed E-state index contributed by atoms with van der Waals surface area (Å²) in [6, 6.07) is 16.7. The molecule has 0 spiro atoms. The molecule has 0 fully saturated rings. The molecule has 0 bridgehead atoms. The van der Waals surface area contributed by atoms with Gasteiger partial charge in [-0.3, -0.25) is 4.79 Å². The molecule has 0 saturated carbocycles. The van der Waals surface area contributed by atoms with E-state index in [2.05, 4.69) is 15.3 Å². The van der Waals surface area contributed by atoms with Crippen LogP contribution in [0, 0.1) is 20.8 Å². The van der Waals surface area contributed by atoms with E-state index in [1.54, 1.807) is 24.3 Å². The molecule has 2 aromatic carbocycles. The first-order valence-corrected chi connectivity index (χ1v) is 8.57. The van der Waals surface area contributed by atoms with Crippen LogP contribution in [0.2, 0.25) is 0 Å². The molecule has 0 aliphatic carbocycles. The van der Waals surface area contributed by atoms with Crippen molar-refractivity contribution in [2.24, 2.45) is 0 Å². The third-order valence-corrected chi connectivity index (χ3v) is 3.70. The molecule has 3 aromatic rings. The van der Waals surface area contributed by atoms with Crippen molar-refractivity contribution in [3.8, 4) is 17.5 Å². The second-order valence-corrected chi connectivity index (χ2v) is 6.21. The van der Waals surface area contributed by atoms with E-state index < -0.39 is 0 Å². The molecule has 0 unspecified atom stereocenters. The first kappa shape index (κ1) is 18.4. The van der Waals surface area contributed by atoms with E-state index in [0.29, 0.717) is 23.2 Å². The van der Waals surface area contributed by atoms with E-state index in [-0.39, 0.29) is 12.5 Å². The number of hydrogen-bond acceptors (Lipinski definition) is 5. The van der Waals surface area contributed by atoms with Gasteiger partial charge in [-0.05, 0) is 63.2 Å². The number of benzene rings is 2. The standard InChI is InChI=1S/C21H21N3O3/c1-14-4-8-18(9-5-14)26-13-20(25)24-17-6-10-19(11-7-17)27-21-22-15(2)12-16(3)23-21/h4-12H,13H2,1-3H3,(H,24,25). The molecule has 6 nitrogen and oxygen atoms in total. The van der Waals surface area contributed by atoms with Gasteiger partial charge in [0, 0.05) is 17.1 Å². The summed E-state index contributed by atoms with van der Waals surface area (Å²) in [5, 5.41) is 2.78. The van der Waals surface area contributed by atoms with Gasteiger partial charge in [0.25, 0.3) is 5.91 Å². The average Bonchev–Trinajstić information content (AvgIpc) is 2.62. The highest BCUT2D eigenvalue weighted by Crippen LogP contribution is 2.21. The highest BCUT2D eigenvalue weighted by molar-refractivity contribution is 5.91. The van der Waals surface area contributed by atoms with Gasteiger partial charge in [0.2, 0.25) is 0 Å². The summed E-state index contributed by atoms with van der Waals surface area (Å²) in [7, 11) is 0. The normalized spacial score (nSPS) is 10.3. The Labute approximate surface area is 158 Å². The molecule has 0 aliphatic heterocycles. The van der Waals surface area contributed by atoms with Crippen molar-refractivity contribution < 1.29 is 14.3 Å². The second kappa shape index (κ2) is 8.31. The summed E-state index contributed by atoms with van der Waals surface area (Å²) in [4.78, 5) is 20.5. The van der Waals surface area contributed by atoms with Crippen LogP contribution >= 0.6 is 0 Å². The maximum atomic E-state index is 12.0. The lowest BCUT2D eigenvalue weighted by molar-refractivity contribution is -0.118. The van der Waals surface area contributed by atoms with E-state index in [1.807, 2.05) is 51.1 Å². The minimum atomic E-state index is -0.234. The fourth-order valence-corrected chi connectivity index (χ4v) is 2.43. The van der Waals surface area contributed by atoms with Crippen molar-refractivity contribution >= 4 is 11.6 Å². The number of nitrogens with zero attached hydrogens (tertiary/aromatic N) is 2. The molecule has 0 radical (unpaired) electrons. The van der Waals surface area contributed by atoms with Crippen LogP contribution in [0.15, 0.2) is 54.6 Å². The van der Waals surface area contributed by atoms with Crippen LogP contribution in [0.1, 0.15) is 17.0 Å². The fraction of sp³-hybridized carbons (Fsp3) is 0.190. The van der Waals surface area contributed by atoms with Crippen LogP contribution in [0.25, 0.3) is 0 Å². The monoisotopic (exact) mass is 363 g/mol. The number of aryl methyl sites for hydroxylation is 3. The predicted octanol–water partition coefficient (Wildman–Crippen LogP) is 4.21. The zero-order chi connectivity index (χ0) is 19.2. The Morgan fingerprint density at radius 1 is 0.889 bits per heavy atom. The van der Waals surface area contributed by atoms with Gasteiger partial charge in [0.15, 0.2) is 6.61 Å². The zero-order valence-electron chi connectivity index (χ0n) is 15.5. The maximum absolute atomic E-state index is 12.0. The summed E-state index contributed by atoms with van der Waals surface area (Å²) in [6.45, 7) is 5.71. The van der Waals surface area contributed by atoms with Crippen molar-refractivity contribution in [3.05, 3.63) is 71.5 Å². The van der Waals surface area contributed by atoms with Crippen LogP contribution < -0.4 is 14.8 Å². The average molecular weight is 363 g/mol. The van der Waals surface area contributed by atoms with Crippen molar-refractivity contribution in [2.75, 3.05) is 11.9 Å². The number of anilines is 1. The number of amides is 1. The third-order valence-electron chi connectivity index (χ3n) is 3.70. The third kappa shape index (κ3) is 5.54. The van der Waals surface area contributed by atoms with Crippen LogP contribution in [0.5, 0.6) is 17.5 Å². The van der Waals surface area contributed by atoms with E-state index in [9.17, 15) is 4.79 Å². The van der Waals surface area contributed by atoms with Crippen molar-refractivity contribution in [2.45, 2.75) is 20.8 Å². The van der Waals surface area contributed by atoms with Gasteiger partial charge in [0.1, 0.15) is 11.5 Å². The minimum Gasteiger partial charge on any atom is -0.484 e. The van der Waals surface area contributed by atoms with Crippen molar-refractivity contribution in [3.63, 3.8) is 0 Å². The molecular formula is C21H21N3O3. The Kier molecular flexibility index (Phi) is 5.66. The molecule has 138 valence electrons. The number of carbonyl (C=O) groups is 1. The molecular weight excluding hydrogens is 342 g/mol. The van der Waals surface area contributed by atoms with Crippen LogP contribution in [-0.4, -0.2) is 22.5 Å². The van der Waals surface area contributed by atoms with E-state index in [0.717, 1.165) is 17.0 Å². The number of nitrogens with one attached hydrogen (secondary N) is 1. The number of ether oxygens (including phenoxy) is 2. The molecule has 27 heavy (non-hydrogen) atoms. The highest BCUT2D eigenvalue weighted by atomic mass is 16.5. The first-order chi connectivity index (χ1) is 13.0. The molecule has 6 heteroatoms. The molecule has 0 atom stereocenters. The van der Waals surface area contributed by atoms with Gasteiger partial charge in [0.05, 0.1) is 0 Å². The van der Waals surface area contributed by atoms with Crippen LogP contribution in [0.4, 0.5) is 5.69 Å². The molecule has 1 heterocycles. The number of rotatable bonds is 6. The molecule has 0 saturated heterocycles. The minimum absolute atomic E-state index is 0.0578. The highest BCUT2D eigenvalue weighted by Gasteiger charge is 2.06. The Balaban J connectivity index is 1.53. The lowest BCUT2D eigenvalue weighted by Crippen LogP contribution is -2.20. The smallest absolute Gasteiger partial charge is 0.322 e. The lowest BCUT2D eigenvalue weighted by Gasteiger charge is -2.09. The van der Waals surface area contributed by atoms with Gasteiger partial charge in [-0.25, -0.2) is 9.97 Å². The second-order valence-electron chi connectivity index (χ2n) is 6.21. The van der Waals surface area contributed by atoms with E-state index in [1.165, 1.54) is 0 Å². The van der Waals surface area contributed by atoms with E-state index >= 15 is 0 Å². The van der Waals surface area contributed by atoms with Crippen LogP contribution in [0.3, 0.4) is 0 Å². The zero-order valence-corrected chi connectivity index (χ0v) is 15.5. The first-order valence-electron chi connectivity index (χ1n) is 8.57. The predicted molar refractivity (Wildman–Crippen MR) is 103 cm³/mol. The van der Waals surface area contributed by atoms with E-state index in [4.69, 9.17) is 9.47 Å². The van der Waals surface area contributed by atoms with Gasteiger partial charge in [-0.2, -0.15) is 0 Å². The lowest BCUT2D eigenvalue weighted by atomic mass is 10.2. The number of hydrogen-bond donors (Lipinski definition) is 1. The Morgan fingerprint density at radius 3 is 2.11 bits per heavy atom. The summed E-state index contributed by atoms with van der Waals surface area (Å²) in [5.41, 5.74) is 3.48. The van der Waals surface area contributed by atoms with Gasteiger partial charge < -0.3 is 14.8 Å². The molecule has 1 N–H and O–H groups in total. The summed E-state index contributed by atoms with van der Waals surface area (Å²) in [5.74, 6) is 1.02. The number of aromatic nitrogens is 2. The molecule has 0 aliphatic rings. The Morgan fingerprint density at radius 2 is 1.48 bits per heavy atom. The quantitative estimate of drug-likeness (QED) is 0.710. The fourth-order valence-electron chi connectivity index (χ4n) is 2.43. The largest absolute Gasteiger partial charge is 0.484 e. The maximum Gasteiger partial charge on any atom is 0.322 e. The van der Waals surface area contributed by atoms with Gasteiger partial charge in [-0.1, -0.05) is 17.7 Å². The number of carbonyl (C=O) groups excluding carboxylic acids is 1. The van der Waals surface area contributed by atoms with Crippen molar-refractivity contribution in [1.82, 2.24) is 9.97 Å². The summed E-state index contributed by atoms with van der Waals surface area (Å²) in [6.07, 6.45) is 0. The topological polar surface area (TPSA) is 73.3 Å². The molecule has 1 amide bonds. The van der Waals surface area contributed by atoms with Gasteiger partial charge in [-0.15, -0.1) is 0 Å². The molecule has 3 rings (SSSR count). The van der Waals surface area contributed by atoms with Gasteiger partial charge >= 0.3 is 6.01 Å². The molecule has 1 aromatic heterocycles. The van der Waals surface area contributed by atoms with Crippen molar-refractivity contribution in [1.29, 1.82) is 0 Å². The SMILES string of the molecule is Cc1ccc(OCC(=O)Nc2ccc(Oc3nc(C)cc(C)n3)cc2)cc1. The summed E-state index contributed by atoms with van der Waals surface area (Å²) >= 11 is 0.